The Balaban J connectivity index is 1.97. The summed E-state index contributed by atoms with van der Waals surface area (Å²) >= 11 is 6.26. The zero-order valence-corrected chi connectivity index (χ0v) is 12.7. The van der Waals surface area contributed by atoms with Crippen LogP contribution >= 0.6 is 24.0 Å². The van der Waals surface area contributed by atoms with E-state index in [9.17, 15) is 9.59 Å². The van der Waals surface area contributed by atoms with Crippen LogP contribution in [0.2, 0.25) is 0 Å². The molecular weight excluding hydrogens is 312 g/mol. The van der Waals surface area contributed by atoms with Crippen molar-refractivity contribution in [3.8, 4) is 0 Å². The SMILES string of the molecule is O=C(CN1C(=O)/C(=C/c2ccco2)SC1=S)NCCCO. The minimum Gasteiger partial charge on any atom is -0.465 e. The van der Waals surface area contributed by atoms with Crippen molar-refractivity contribution in [2.24, 2.45) is 0 Å². The maximum atomic E-state index is 12.2. The summed E-state index contributed by atoms with van der Waals surface area (Å²) < 4.78 is 5.50. The van der Waals surface area contributed by atoms with E-state index < -0.39 is 0 Å². The van der Waals surface area contributed by atoms with E-state index in [2.05, 4.69) is 5.32 Å². The van der Waals surface area contributed by atoms with Crippen LogP contribution < -0.4 is 5.32 Å². The fourth-order valence-corrected chi connectivity index (χ4v) is 2.88. The molecule has 2 heterocycles. The lowest BCUT2D eigenvalue weighted by Crippen LogP contribution is -2.39. The van der Waals surface area contributed by atoms with Crippen LogP contribution in [0.4, 0.5) is 0 Å². The predicted octanol–water partition coefficient (Wildman–Crippen LogP) is 0.979. The van der Waals surface area contributed by atoms with E-state index in [0.29, 0.717) is 28.0 Å². The highest BCUT2D eigenvalue weighted by molar-refractivity contribution is 8.26. The number of aliphatic hydroxyl groups is 1. The van der Waals surface area contributed by atoms with Gasteiger partial charge in [0.05, 0.1) is 11.2 Å². The molecule has 0 spiro atoms. The Kier molecular flexibility index (Phi) is 5.54. The molecule has 1 saturated heterocycles. The number of nitrogens with one attached hydrogen (secondary N) is 1. The zero-order valence-electron chi connectivity index (χ0n) is 11.1. The fraction of sp³-hybridized carbons (Fsp3) is 0.308. The number of carbonyl (C=O) groups is 2. The summed E-state index contributed by atoms with van der Waals surface area (Å²) in [7, 11) is 0. The average molecular weight is 326 g/mol. The lowest BCUT2D eigenvalue weighted by Gasteiger charge is -2.13. The molecule has 0 atom stereocenters. The van der Waals surface area contributed by atoms with Crippen LogP contribution in [-0.2, 0) is 9.59 Å². The van der Waals surface area contributed by atoms with Crippen molar-refractivity contribution in [2.75, 3.05) is 19.7 Å². The van der Waals surface area contributed by atoms with Crippen LogP contribution in [0.15, 0.2) is 27.7 Å². The zero-order chi connectivity index (χ0) is 15.2. The lowest BCUT2D eigenvalue weighted by atomic mass is 10.3. The number of nitrogens with zero attached hydrogens (tertiary/aromatic N) is 1. The molecule has 2 amide bonds. The molecule has 112 valence electrons. The maximum absolute atomic E-state index is 12.2. The van der Waals surface area contributed by atoms with Crippen molar-refractivity contribution in [2.45, 2.75) is 6.42 Å². The third kappa shape index (κ3) is 4.16. The van der Waals surface area contributed by atoms with Gasteiger partial charge in [0, 0.05) is 19.2 Å². The Hall–Kier alpha value is -1.64. The van der Waals surface area contributed by atoms with Gasteiger partial charge in [-0.15, -0.1) is 0 Å². The Labute approximate surface area is 131 Å². The monoisotopic (exact) mass is 326 g/mol. The van der Waals surface area contributed by atoms with Gasteiger partial charge in [-0.1, -0.05) is 24.0 Å². The van der Waals surface area contributed by atoms with E-state index in [1.807, 2.05) is 0 Å². The van der Waals surface area contributed by atoms with E-state index in [4.69, 9.17) is 21.7 Å². The Bertz CT molecular complexity index is 569. The van der Waals surface area contributed by atoms with Gasteiger partial charge in [-0.2, -0.15) is 0 Å². The molecule has 2 rings (SSSR count). The molecule has 0 aliphatic carbocycles. The van der Waals surface area contributed by atoms with Crippen LogP contribution in [0.3, 0.4) is 0 Å². The second-order valence-corrected chi connectivity index (χ2v) is 5.89. The Morgan fingerprint density at radius 1 is 1.57 bits per heavy atom. The molecule has 8 heteroatoms. The standard InChI is InChI=1S/C13H14N2O4S2/c16-5-2-4-14-11(17)8-15-12(18)10(21-13(15)20)7-9-3-1-6-19-9/h1,3,6-7,16H,2,4-5,8H2,(H,14,17)/b10-7-. The first-order chi connectivity index (χ1) is 10.1. The number of furan rings is 1. The van der Waals surface area contributed by atoms with E-state index in [0.717, 1.165) is 11.8 Å². The fourth-order valence-electron chi connectivity index (χ4n) is 1.65. The largest absolute Gasteiger partial charge is 0.465 e. The predicted molar refractivity (Wildman–Crippen MR) is 83.3 cm³/mol. The first kappa shape index (κ1) is 15.7. The molecule has 6 nitrogen and oxygen atoms in total. The summed E-state index contributed by atoms with van der Waals surface area (Å²) in [5, 5.41) is 11.3. The van der Waals surface area contributed by atoms with Crippen molar-refractivity contribution >= 4 is 46.2 Å². The highest BCUT2D eigenvalue weighted by Crippen LogP contribution is 2.32. The molecular formula is C13H14N2O4S2. The van der Waals surface area contributed by atoms with Crippen LogP contribution in [0.5, 0.6) is 0 Å². The molecule has 1 aliphatic heterocycles. The van der Waals surface area contributed by atoms with Gasteiger partial charge < -0.3 is 14.8 Å². The maximum Gasteiger partial charge on any atom is 0.266 e. The number of hydrogen-bond acceptors (Lipinski definition) is 6. The molecule has 2 N–H and O–H groups in total. The van der Waals surface area contributed by atoms with E-state index in [-0.39, 0.29) is 25.0 Å². The minimum atomic E-state index is -0.307. The molecule has 0 saturated carbocycles. The van der Waals surface area contributed by atoms with Gasteiger partial charge in [0.2, 0.25) is 5.91 Å². The van der Waals surface area contributed by atoms with Gasteiger partial charge in [0.15, 0.2) is 0 Å². The van der Waals surface area contributed by atoms with Crippen LogP contribution in [0.25, 0.3) is 6.08 Å². The Morgan fingerprint density at radius 2 is 2.38 bits per heavy atom. The molecule has 0 radical (unpaired) electrons. The highest BCUT2D eigenvalue weighted by Gasteiger charge is 2.33. The Morgan fingerprint density at radius 3 is 3.05 bits per heavy atom. The molecule has 21 heavy (non-hydrogen) atoms. The van der Waals surface area contributed by atoms with E-state index in [1.54, 1.807) is 18.2 Å². The molecule has 0 bridgehead atoms. The van der Waals surface area contributed by atoms with E-state index >= 15 is 0 Å². The van der Waals surface area contributed by atoms with Crippen LogP contribution in [0, 0.1) is 0 Å². The summed E-state index contributed by atoms with van der Waals surface area (Å²) in [4.78, 5) is 25.6. The second-order valence-electron chi connectivity index (χ2n) is 4.21. The van der Waals surface area contributed by atoms with Gasteiger partial charge in [-0.05, 0) is 18.6 Å². The topological polar surface area (TPSA) is 82.8 Å². The number of hydrogen-bond donors (Lipinski definition) is 2. The molecule has 0 aromatic carbocycles. The number of rotatable bonds is 6. The van der Waals surface area contributed by atoms with Crippen molar-refractivity contribution in [3.05, 3.63) is 29.1 Å². The first-order valence-corrected chi connectivity index (χ1v) is 7.50. The number of aliphatic hydroxyl groups excluding tert-OH is 1. The number of amides is 2. The molecule has 1 fully saturated rings. The molecule has 1 aromatic heterocycles. The lowest BCUT2D eigenvalue weighted by molar-refractivity contribution is -0.128. The van der Waals surface area contributed by atoms with Gasteiger partial charge in [-0.3, -0.25) is 14.5 Å². The average Bonchev–Trinajstić information content (AvgIpc) is 3.04. The molecule has 1 aliphatic rings. The summed E-state index contributed by atoms with van der Waals surface area (Å²) in [6.07, 6.45) is 3.59. The van der Waals surface area contributed by atoms with Crippen molar-refractivity contribution in [1.29, 1.82) is 0 Å². The van der Waals surface area contributed by atoms with E-state index in [1.165, 1.54) is 11.2 Å². The van der Waals surface area contributed by atoms with Crippen molar-refractivity contribution in [3.63, 3.8) is 0 Å². The second kappa shape index (κ2) is 7.39. The van der Waals surface area contributed by atoms with Gasteiger partial charge in [0.25, 0.3) is 5.91 Å². The van der Waals surface area contributed by atoms with Gasteiger partial charge in [-0.25, -0.2) is 0 Å². The minimum absolute atomic E-state index is 0.00716. The highest BCUT2D eigenvalue weighted by atomic mass is 32.2. The first-order valence-electron chi connectivity index (χ1n) is 6.28. The normalized spacial score (nSPS) is 16.8. The third-order valence-electron chi connectivity index (χ3n) is 2.65. The molecule has 1 aromatic rings. The third-order valence-corrected chi connectivity index (χ3v) is 4.03. The number of carbonyl (C=O) groups excluding carboxylic acids is 2. The van der Waals surface area contributed by atoms with Crippen molar-refractivity contribution < 1.29 is 19.1 Å². The summed E-state index contributed by atoms with van der Waals surface area (Å²) in [5.41, 5.74) is 0. The van der Waals surface area contributed by atoms with Crippen LogP contribution in [-0.4, -0.2) is 45.8 Å². The number of thiocarbonyl (C=S) groups is 1. The van der Waals surface area contributed by atoms with Gasteiger partial charge >= 0.3 is 0 Å². The molecule has 0 unspecified atom stereocenters. The van der Waals surface area contributed by atoms with Crippen molar-refractivity contribution in [1.82, 2.24) is 10.2 Å². The summed E-state index contributed by atoms with van der Waals surface area (Å²) in [6.45, 7) is 0.255. The smallest absolute Gasteiger partial charge is 0.266 e. The summed E-state index contributed by atoms with van der Waals surface area (Å²) in [6, 6.07) is 3.45. The number of thioether (sulfide) groups is 1. The quantitative estimate of drug-likeness (QED) is 0.461. The summed E-state index contributed by atoms with van der Waals surface area (Å²) in [5.74, 6) is -0.0550. The van der Waals surface area contributed by atoms with Crippen LogP contribution in [0.1, 0.15) is 12.2 Å². The van der Waals surface area contributed by atoms with Gasteiger partial charge in [0.1, 0.15) is 16.6 Å².